The van der Waals surface area contributed by atoms with Crippen molar-refractivity contribution < 1.29 is 0 Å². The molecule has 10 aromatic carbocycles. The van der Waals surface area contributed by atoms with Crippen LogP contribution in [-0.4, -0.2) is 4.57 Å². The zero-order valence-electron chi connectivity index (χ0n) is 29.5. The van der Waals surface area contributed by atoms with Crippen molar-refractivity contribution >= 4 is 82.0 Å². The molecule has 0 aliphatic heterocycles. The lowest BCUT2D eigenvalue weighted by atomic mass is 9.98. The second-order valence-corrected chi connectivity index (χ2v) is 14.2. The lowest BCUT2D eigenvalue weighted by Gasteiger charge is -2.28. The SMILES string of the molecule is c1ccc(-n2c3ccccc3c3cc(-c4ccc(N(c5ccc6ccc7ccccc7c6c5)c5cccc6c5ccc5ccccc56)cc4)ccc32)cc1. The van der Waals surface area contributed by atoms with Gasteiger partial charge in [0.1, 0.15) is 0 Å². The van der Waals surface area contributed by atoms with Crippen LogP contribution in [0.1, 0.15) is 0 Å². The fourth-order valence-corrected chi connectivity index (χ4v) is 8.59. The van der Waals surface area contributed by atoms with Gasteiger partial charge in [0.2, 0.25) is 0 Å². The average Bonchev–Trinajstić information content (AvgIpc) is 3.58. The van der Waals surface area contributed by atoms with Crippen LogP contribution >= 0.6 is 0 Å². The quantitative estimate of drug-likeness (QED) is 0.164. The van der Waals surface area contributed by atoms with Crippen molar-refractivity contribution in [3.8, 4) is 16.8 Å². The molecule has 0 atom stereocenters. The maximum absolute atomic E-state index is 2.43. The summed E-state index contributed by atoms with van der Waals surface area (Å²) in [5, 5.41) is 12.5. The third-order valence-corrected chi connectivity index (χ3v) is 11.1. The number of anilines is 3. The van der Waals surface area contributed by atoms with Gasteiger partial charge in [-0.15, -0.1) is 0 Å². The smallest absolute Gasteiger partial charge is 0.0541 e. The highest BCUT2D eigenvalue weighted by atomic mass is 15.1. The van der Waals surface area contributed by atoms with Gasteiger partial charge in [-0.3, -0.25) is 0 Å². The van der Waals surface area contributed by atoms with Crippen molar-refractivity contribution in [3.05, 3.63) is 206 Å². The van der Waals surface area contributed by atoms with Crippen LogP contribution < -0.4 is 4.90 Å². The summed E-state index contributed by atoms with van der Waals surface area (Å²) in [7, 11) is 0. The topological polar surface area (TPSA) is 8.17 Å². The fourth-order valence-electron chi connectivity index (χ4n) is 8.59. The van der Waals surface area contributed by atoms with Gasteiger partial charge in [-0.1, -0.05) is 146 Å². The van der Waals surface area contributed by atoms with E-state index in [-0.39, 0.29) is 0 Å². The number of rotatable bonds is 5. The molecule has 252 valence electrons. The van der Waals surface area contributed by atoms with Crippen LogP contribution in [0.5, 0.6) is 0 Å². The molecular formula is C52H34N2. The molecule has 11 aromatic rings. The van der Waals surface area contributed by atoms with Crippen molar-refractivity contribution in [2.75, 3.05) is 4.90 Å². The molecule has 11 rings (SSSR count). The predicted molar refractivity (Wildman–Crippen MR) is 231 cm³/mol. The fraction of sp³-hybridized carbons (Fsp3) is 0. The van der Waals surface area contributed by atoms with Gasteiger partial charge in [-0.2, -0.15) is 0 Å². The first kappa shape index (κ1) is 30.5. The van der Waals surface area contributed by atoms with Gasteiger partial charge in [0.15, 0.2) is 0 Å². The van der Waals surface area contributed by atoms with E-state index in [1.54, 1.807) is 0 Å². The minimum atomic E-state index is 1.11. The highest BCUT2D eigenvalue weighted by molar-refractivity contribution is 6.14. The Balaban J connectivity index is 1.08. The van der Waals surface area contributed by atoms with Crippen molar-refractivity contribution in [1.82, 2.24) is 4.57 Å². The Morgan fingerprint density at radius 3 is 1.67 bits per heavy atom. The molecule has 0 aliphatic carbocycles. The first-order valence-corrected chi connectivity index (χ1v) is 18.6. The van der Waals surface area contributed by atoms with E-state index in [0.29, 0.717) is 0 Å². The molecule has 0 unspecified atom stereocenters. The standard InChI is InChI=1S/C52H34N2/c1-2-13-40(14-3-1)54-51-19-9-8-17-46(51)49-33-39(27-32-52(49)54)35-23-28-41(29-24-35)53(42-30-25-38-22-21-36-11-5-7-16-44(36)48(38)34-42)50-20-10-18-45-43-15-6-4-12-37(43)26-31-47(45)50/h1-34H. The molecule has 0 N–H and O–H groups in total. The van der Waals surface area contributed by atoms with E-state index in [1.165, 1.54) is 81.7 Å². The van der Waals surface area contributed by atoms with Crippen molar-refractivity contribution in [1.29, 1.82) is 0 Å². The summed E-state index contributed by atoms with van der Waals surface area (Å²) in [5.41, 5.74) is 9.37. The third-order valence-electron chi connectivity index (χ3n) is 11.1. The molecule has 0 bridgehead atoms. The van der Waals surface area contributed by atoms with Crippen molar-refractivity contribution in [3.63, 3.8) is 0 Å². The second-order valence-electron chi connectivity index (χ2n) is 14.2. The Morgan fingerprint density at radius 2 is 0.870 bits per heavy atom. The molecule has 0 spiro atoms. The number of para-hydroxylation sites is 2. The summed E-state index contributed by atoms with van der Waals surface area (Å²) in [6, 6.07) is 75.3. The maximum atomic E-state index is 2.43. The van der Waals surface area contributed by atoms with E-state index in [1.807, 2.05) is 0 Å². The molecular weight excluding hydrogens is 653 g/mol. The van der Waals surface area contributed by atoms with Crippen molar-refractivity contribution in [2.45, 2.75) is 0 Å². The van der Waals surface area contributed by atoms with E-state index < -0.39 is 0 Å². The lowest BCUT2D eigenvalue weighted by Crippen LogP contribution is -2.10. The second kappa shape index (κ2) is 12.2. The molecule has 2 heteroatoms. The van der Waals surface area contributed by atoms with Crippen LogP contribution in [0, 0.1) is 0 Å². The highest BCUT2D eigenvalue weighted by Crippen LogP contribution is 2.43. The van der Waals surface area contributed by atoms with Gasteiger partial charge in [0.25, 0.3) is 0 Å². The number of aromatic nitrogens is 1. The van der Waals surface area contributed by atoms with Gasteiger partial charge >= 0.3 is 0 Å². The molecule has 2 nitrogen and oxygen atoms in total. The molecule has 0 aliphatic rings. The minimum absolute atomic E-state index is 1.11. The first-order chi connectivity index (χ1) is 26.8. The van der Waals surface area contributed by atoms with Gasteiger partial charge in [0.05, 0.1) is 16.7 Å². The summed E-state index contributed by atoms with van der Waals surface area (Å²) in [5.74, 6) is 0. The minimum Gasteiger partial charge on any atom is -0.310 e. The summed E-state index contributed by atoms with van der Waals surface area (Å²) >= 11 is 0. The summed E-state index contributed by atoms with van der Waals surface area (Å²) in [6.07, 6.45) is 0. The molecule has 0 saturated heterocycles. The Kier molecular flexibility index (Phi) is 6.90. The average molecular weight is 687 g/mol. The van der Waals surface area contributed by atoms with E-state index in [4.69, 9.17) is 0 Å². The Hall–Kier alpha value is -7.16. The highest BCUT2D eigenvalue weighted by Gasteiger charge is 2.18. The number of nitrogens with zero attached hydrogens (tertiary/aromatic N) is 2. The zero-order valence-corrected chi connectivity index (χ0v) is 29.5. The lowest BCUT2D eigenvalue weighted by molar-refractivity contribution is 1.18. The molecule has 1 heterocycles. The van der Waals surface area contributed by atoms with Crippen LogP contribution in [-0.2, 0) is 0 Å². The Labute approximate surface area is 313 Å². The largest absolute Gasteiger partial charge is 0.310 e. The first-order valence-electron chi connectivity index (χ1n) is 18.6. The number of hydrogen-bond donors (Lipinski definition) is 0. The van der Waals surface area contributed by atoms with E-state index in [0.717, 1.165) is 17.1 Å². The van der Waals surface area contributed by atoms with Crippen LogP contribution in [0.3, 0.4) is 0 Å². The van der Waals surface area contributed by atoms with Crippen LogP contribution in [0.4, 0.5) is 17.1 Å². The summed E-state index contributed by atoms with van der Waals surface area (Å²) in [4.78, 5) is 2.43. The molecule has 0 saturated carbocycles. The third kappa shape index (κ3) is 4.81. The number of fused-ring (bicyclic) bond motifs is 9. The van der Waals surface area contributed by atoms with Crippen LogP contribution in [0.15, 0.2) is 206 Å². The monoisotopic (exact) mass is 686 g/mol. The van der Waals surface area contributed by atoms with Crippen LogP contribution in [0.2, 0.25) is 0 Å². The predicted octanol–water partition coefficient (Wildman–Crippen LogP) is 14.5. The normalized spacial score (nSPS) is 11.7. The van der Waals surface area contributed by atoms with E-state index >= 15 is 0 Å². The number of benzene rings is 10. The van der Waals surface area contributed by atoms with Gasteiger partial charge < -0.3 is 9.47 Å². The van der Waals surface area contributed by atoms with Gasteiger partial charge in [-0.05, 0) is 109 Å². The summed E-state index contributed by atoms with van der Waals surface area (Å²) < 4.78 is 2.37. The Morgan fingerprint density at radius 1 is 0.296 bits per heavy atom. The van der Waals surface area contributed by atoms with E-state index in [9.17, 15) is 0 Å². The molecule has 54 heavy (non-hydrogen) atoms. The van der Waals surface area contributed by atoms with Crippen molar-refractivity contribution in [2.24, 2.45) is 0 Å². The maximum Gasteiger partial charge on any atom is 0.0541 e. The van der Waals surface area contributed by atoms with E-state index in [2.05, 4.69) is 216 Å². The number of hydrogen-bond acceptors (Lipinski definition) is 1. The summed E-state index contributed by atoms with van der Waals surface area (Å²) in [6.45, 7) is 0. The zero-order chi connectivity index (χ0) is 35.6. The molecule has 1 aromatic heterocycles. The molecule has 0 radical (unpaired) electrons. The molecule has 0 fully saturated rings. The Bertz CT molecular complexity index is 3210. The van der Waals surface area contributed by atoms with Crippen LogP contribution in [0.25, 0.3) is 81.7 Å². The van der Waals surface area contributed by atoms with Gasteiger partial charge in [-0.25, -0.2) is 0 Å². The molecule has 0 amide bonds. The van der Waals surface area contributed by atoms with Gasteiger partial charge in [0, 0.05) is 33.2 Å².